The first-order valence-electron chi connectivity index (χ1n) is 7.03. The lowest BCUT2D eigenvalue weighted by Crippen LogP contribution is -2.48. The highest BCUT2D eigenvalue weighted by atomic mass is 32.2. The molecule has 1 aliphatic rings. The predicted molar refractivity (Wildman–Crippen MR) is 79.8 cm³/mol. The van der Waals surface area contributed by atoms with Gasteiger partial charge in [-0.25, -0.2) is 8.42 Å². The lowest BCUT2D eigenvalue weighted by atomic mass is 10.2. The number of methoxy groups -OCH3 is 1. The van der Waals surface area contributed by atoms with Crippen LogP contribution in [0.1, 0.15) is 12.5 Å². The van der Waals surface area contributed by atoms with Gasteiger partial charge in [-0.2, -0.15) is 4.31 Å². The van der Waals surface area contributed by atoms with Gasteiger partial charge in [0.05, 0.1) is 18.6 Å². The smallest absolute Gasteiger partial charge is 0.243 e. The van der Waals surface area contributed by atoms with Crippen molar-refractivity contribution >= 4 is 10.0 Å². The minimum absolute atomic E-state index is 0.206. The maximum atomic E-state index is 12.6. The minimum atomic E-state index is -3.51. The number of piperazine rings is 1. The third kappa shape index (κ3) is 3.37. The standard InChI is InChI=1S/C14H22N2O4S/c1-3-15-6-8-16(9-7-15)21(18,19)13-4-5-14(20-2)12(10-13)11-17/h4-5,10,17H,3,6-9,11H2,1-2H3. The topological polar surface area (TPSA) is 70.1 Å². The number of hydrogen-bond acceptors (Lipinski definition) is 5. The number of aliphatic hydroxyl groups excluding tert-OH is 1. The molecule has 1 aromatic rings. The van der Waals surface area contributed by atoms with Crippen molar-refractivity contribution in [1.29, 1.82) is 0 Å². The Morgan fingerprint density at radius 1 is 1.24 bits per heavy atom. The second kappa shape index (κ2) is 6.74. The summed E-state index contributed by atoms with van der Waals surface area (Å²) >= 11 is 0. The van der Waals surface area contributed by atoms with Gasteiger partial charge in [-0.3, -0.25) is 0 Å². The Morgan fingerprint density at radius 2 is 1.90 bits per heavy atom. The Labute approximate surface area is 126 Å². The first-order chi connectivity index (χ1) is 10.0. The van der Waals surface area contributed by atoms with Gasteiger partial charge in [0.25, 0.3) is 0 Å². The average molecular weight is 314 g/mol. The van der Waals surface area contributed by atoms with Gasteiger partial charge in [0.1, 0.15) is 5.75 Å². The van der Waals surface area contributed by atoms with Crippen LogP contribution in [0.3, 0.4) is 0 Å². The van der Waals surface area contributed by atoms with Crippen LogP contribution in [0.5, 0.6) is 5.75 Å². The second-order valence-electron chi connectivity index (χ2n) is 4.97. The first-order valence-corrected chi connectivity index (χ1v) is 8.47. The Kier molecular flexibility index (Phi) is 5.21. The summed E-state index contributed by atoms with van der Waals surface area (Å²) in [6, 6.07) is 4.60. The van der Waals surface area contributed by atoms with Gasteiger partial charge in [0.2, 0.25) is 10.0 Å². The molecule has 1 heterocycles. The van der Waals surface area contributed by atoms with Gasteiger partial charge in [0, 0.05) is 31.7 Å². The molecule has 1 N–H and O–H groups in total. The monoisotopic (exact) mass is 314 g/mol. The summed E-state index contributed by atoms with van der Waals surface area (Å²) in [5.74, 6) is 0.493. The summed E-state index contributed by atoms with van der Waals surface area (Å²) in [5, 5.41) is 9.32. The van der Waals surface area contributed by atoms with Crippen LogP contribution in [-0.4, -0.2) is 62.6 Å². The molecule has 0 unspecified atom stereocenters. The van der Waals surface area contributed by atoms with Crippen LogP contribution < -0.4 is 4.74 Å². The fourth-order valence-corrected chi connectivity index (χ4v) is 3.95. The molecule has 118 valence electrons. The predicted octanol–water partition coefficient (Wildman–Crippen LogP) is 0.514. The molecule has 1 saturated heterocycles. The quantitative estimate of drug-likeness (QED) is 0.858. The highest BCUT2D eigenvalue weighted by Gasteiger charge is 2.28. The molecule has 21 heavy (non-hydrogen) atoms. The first kappa shape index (κ1) is 16.2. The molecule has 0 radical (unpaired) electrons. The van der Waals surface area contributed by atoms with E-state index in [9.17, 15) is 13.5 Å². The van der Waals surface area contributed by atoms with E-state index < -0.39 is 10.0 Å². The van der Waals surface area contributed by atoms with Crippen LogP contribution in [-0.2, 0) is 16.6 Å². The normalized spacial score (nSPS) is 17.9. The fraction of sp³-hybridized carbons (Fsp3) is 0.571. The van der Waals surface area contributed by atoms with Crippen molar-refractivity contribution in [2.75, 3.05) is 39.8 Å². The van der Waals surface area contributed by atoms with Crippen molar-refractivity contribution in [1.82, 2.24) is 9.21 Å². The fourth-order valence-electron chi connectivity index (χ4n) is 2.47. The van der Waals surface area contributed by atoms with Crippen LogP contribution in [0, 0.1) is 0 Å². The summed E-state index contributed by atoms with van der Waals surface area (Å²) in [6.45, 7) is 5.24. The van der Waals surface area contributed by atoms with Gasteiger partial charge >= 0.3 is 0 Å². The summed E-state index contributed by atoms with van der Waals surface area (Å²) in [4.78, 5) is 2.43. The van der Waals surface area contributed by atoms with E-state index in [2.05, 4.69) is 11.8 Å². The molecule has 0 bridgehead atoms. The molecule has 0 saturated carbocycles. The molecule has 0 spiro atoms. The Hall–Kier alpha value is -1.15. The molecule has 6 nitrogen and oxygen atoms in total. The van der Waals surface area contributed by atoms with E-state index >= 15 is 0 Å². The van der Waals surface area contributed by atoms with E-state index in [-0.39, 0.29) is 11.5 Å². The molecule has 1 aliphatic heterocycles. The molecule has 0 aliphatic carbocycles. The SMILES string of the molecule is CCN1CCN(S(=O)(=O)c2ccc(OC)c(CO)c2)CC1. The summed E-state index contributed by atoms with van der Waals surface area (Å²) in [7, 11) is -2.02. The molecule has 7 heteroatoms. The van der Waals surface area contributed by atoms with Crippen molar-refractivity contribution in [2.24, 2.45) is 0 Å². The number of nitrogens with zero attached hydrogens (tertiary/aromatic N) is 2. The van der Waals surface area contributed by atoms with Crippen molar-refractivity contribution < 1.29 is 18.3 Å². The van der Waals surface area contributed by atoms with Crippen molar-refractivity contribution in [3.63, 3.8) is 0 Å². The van der Waals surface area contributed by atoms with E-state index in [1.165, 1.54) is 23.5 Å². The third-order valence-corrected chi connectivity index (χ3v) is 5.73. The van der Waals surface area contributed by atoms with Gasteiger partial charge < -0.3 is 14.7 Å². The molecule has 0 atom stereocenters. The van der Waals surface area contributed by atoms with E-state index in [1.54, 1.807) is 6.07 Å². The lowest BCUT2D eigenvalue weighted by Gasteiger charge is -2.33. The van der Waals surface area contributed by atoms with E-state index in [4.69, 9.17) is 4.74 Å². The van der Waals surface area contributed by atoms with E-state index in [0.29, 0.717) is 24.4 Å². The highest BCUT2D eigenvalue weighted by Crippen LogP contribution is 2.25. The largest absolute Gasteiger partial charge is 0.496 e. The van der Waals surface area contributed by atoms with Gasteiger partial charge in [-0.05, 0) is 24.7 Å². The number of ether oxygens (including phenoxy) is 1. The summed E-state index contributed by atoms with van der Waals surface area (Å²) in [6.07, 6.45) is 0. The van der Waals surface area contributed by atoms with Crippen molar-refractivity contribution in [3.8, 4) is 5.75 Å². The minimum Gasteiger partial charge on any atom is -0.496 e. The van der Waals surface area contributed by atoms with Crippen LogP contribution >= 0.6 is 0 Å². The Morgan fingerprint density at radius 3 is 2.43 bits per heavy atom. The zero-order valence-electron chi connectivity index (χ0n) is 12.4. The van der Waals surface area contributed by atoms with Crippen LogP contribution in [0.4, 0.5) is 0 Å². The number of aliphatic hydroxyl groups is 1. The van der Waals surface area contributed by atoms with Crippen LogP contribution in [0.15, 0.2) is 23.1 Å². The number of rotatable bonds is 5. The number of likely N-dealkylation sites (N-methyl/N-ethyl adjacent to an activating group) is 1. The zero-order valence-corrected chi connectivity index (χ0v) is 13.3. The molecule has 0 amide bonds. The maximum Gasteiger partial charge on any atom is 0.243 e. The van der Waals surface area contributed by atoms with Gasteiger partial charge in [0.15, 0.2) is 0 Å². The molecule has 2 rings (SSSR count). The Bertz CT molecular complexity index is 581. The number of sulfonamides is 1. The molecular weight excluding hydrogens is 292 g/mol. The van der Waals surface area contributed by atoms with E-state index in [0.717, 1.165) is 19.6 Å². The maximum absolute atomic E-state index is 12.6. The molecule has 1 fully saturated rings. The van der Waals surface area contributed by atoms with Crippen molar-refractivity contribution in [3.05, 3.63) is 23.8 Å². The third-order valence-electron chi connectivity index (χ3n) is 3.84. The van der Waals surface area contributed by atoms with Crippen LogP contribution in [0.25, 0.3) is 0 Å². The van der Waals surface area contributed by atoms with Crippen LogP contribution in [0.2, 0.25) is 0 Å². The summed E-state index contributed by atoms with van der Waals surface area (Å²) in [5.41, 5.74) is 0.478. The lowest BCUT2D eigenvalue weighted by molar-refractivity contribution is 0.196. The number of benzene rings is 1. The Balaban J connectivity index is 2.24. The summed E-state index contributed by atoms with van der Waals surface area (Å²) < 4.78 is 31.9. The van der Waals surface area contributed by atoms with E-state index in [1.807, 2.05) is 0 Å². The molecule has 1 aromatic carbocycles. The van der Waals surface area contributed by atoms with Gasteiger partial charge in [-0.15, -0.1) is 0 Å². The molecular formula is C14H22N2O4S. The van der Waals surface area contributed by atoms with Gasteiger partial charge in [-0.1, -0.05) is 6.92 Å². The number of hydrogen-bond donors (Lipinski definition) is 1. The van der Waals surface area contributed by atoms with Crippen molar-refractivity contribution in [2.45, 2.75) is 18.4 Å². The highest BCUT2D eigenvalue weighted by molar-refractivity contribution is 7.89. The molecule has 0 aromatic heterocycles. The zero-order chi connectivity index (χ0) is 15.5. The average Bonchev–Trinajstić information content (AvgIpc) is 2.54. The second-order valence-corrected chi connectivity index (χ2v) is 6.91.